The molecule has 2 aromatic rings. The third-order valence-electron chi connectivity index (χ3n) is 3.13. The van der Waals surface area contributed by atoms with E-state index in [1.165, 1.54) is 6.92 Å². The largest absolute Gasteiger partial charge is 0.352 e. The van der Waals surface area contributed by atoms with Crippen molar-refractivity contribution in [3.63, 3.8) is 0 Å². The van der Waals surface area contributed by atoms with Gasteiger partial charge in [0.1, 0.15) is 11.6 Å². The van der Waals surface area contributed by atoms with Crippen LogP contribution in [0, 0.1) is 11.6 Å². The average Bonchev–Trinajstić information content (AvgIpc) is 2.50. The minimum Gasteiger partial charge on any atom is -0.352 e. The van der Waals surface area contributed by atoms with E-state index >= 15 is 0 Å². The number of rotatable bonds is 5. The van der Waals surface area contributed by atoms with Gasteiger partial charge in [0.15, 0.2) is 0 Å². The maximum absolute atomic E-state index is 13.5. The van der Waals surface area contributed by atoms with Gasteiger partial charge in [-0.05, 0) is 48.4 Å². The molecule has 0 aliphatic carbocycles. The van der Waals surface area contributed by atoms with Gasteiger partial charge in [-0.1, -0.05) is 6.07 Å². The van der Waals surface area contributed by atoms with Crippen molar-refractivity contribution in [3.8, 4) is 0 Å². The molecule has 0 saturated carbocycles. The van der Waals surface area contributed by atoms with E-state index in [1.54, 1.807) is 24.3 Å². The van der Waals surface area contributed by atoms with Crippen molar-refractivity contribution in [1.82, 2.24) is 5.32 Å². The lowest BCUT2D eigenvalue weighted by Gasteiger charge is -2.08. The molecule has 0 heterocycles. The van der Waals surface area contributed by atoms with Crippen LogP contribution in [0.3, 0.4) is 0 Å². The normalized spacial score (nSPS) is 10.2. The molecule has 0 spiro atoms. The minimum absolute atomic E-state index is 0.170. The number of hydrogen-bond donors (Lipinski definition) is 2. The van der Waals surface area contributed by atoms with Crippen LogP contribution in [0.1, 0.15) is 22.8 Å². The van der Waals surface area contributed by atoms with Gasteiger partial charge < -0.3 is 10.6 Å². The summed E-state index contributed by atoms with van der Waals surface area (Å²) < 4.78 is 26.5. The average molecular weight is 318 g/mol. The monoisotopic (exact) mass is 318 g/mol. The topological polar surface area (TPSA) is 58.2 Å². The first kappa shape index (κ1) is 16.6. The molecular weight excluding hydrogens is 302 g/mol. The van der Waals surface area contributed by atoms with E-state index in [1.807, 2.05) is 0 Å². The van der Waals surface area contributed by atoms with E-state index in [9.17, 15) is 18.4 Å². The zero-order chi connectivity index (χ0) is 16.8. The molecule has 23 heavy (non-hydrogen) atoms. The SMILES string of the molecule is CC(=O)Nc1cccc(C(=O)NCCc2cc(F)ccc2F)c1. The molecule has 0 fully saturated rings. The van der Waals surface area contributed by atoms with Crippen LogP contribution in [-0.4, -0.2) is 18.4 Å². The Kier molecular flexibility index (Phi) is 5.41. The quantitative estimate of drug-likeness (QED) is 0.890. The van der Waals surface area contributed by atoms with Gasteiger partial charge in [-0.25, -0.2) is 8.78 Å². The summed E-state index contributed by atoms with van der Waals surface area (Å²) in [5, 5.41) is 5.22. The van der Waals surface area contributed by atoms with E-state index in [0.717, 1.165) is 18.2 Å². The van der Waals surface area contributed by atoms with Gasteiger partial charge >= 0.3 is 0 Å². The molecule has 4 nitrogen and oxygen atoms in total. The van der Waals surface area contributed by atoms with Crippen molar-refractivity contribution in [1.29, 1.82) is 0 Å². The van der Waals surface area contributed by atoms with Crippen LogP contribution in [0.4, 0.5) is 14.5 Å². The standard InChI is InChI=1S/C17H16F2N2O2/c1-11(22)21-15-4-2-3-13(10-15)17(23)20-8-7-12-9-14(18)5-6-16(12)19/h2-6,9-10H,7-8H2,1H3,(H,20,23)(H,21,22). The van der Waals surface area contributed by atoms with E-state index in [-0.39, 0.29) is 30.3 Å². The van der Waals surface area contributed by atoms with Crippen LogP contribution in [0.25, 0.3) is 0 Å². The van der Waals surface area contributed by atoms with Crippen molar-refractivity contribution < 1.29 is 18.4 Å². The molecule has 2 N–H and O–H groups in total. The number of halogens is 2. The van der Waals surface area contributed by atoms with Crippen LogP contribution >= 0.6 is 0 Å². The molecule has 2 amide bonds. The Hall–Kier alpha value is -2.76. The minimum atomic E-state index is -0.518. The Morgan fingerprint density at radius 3 is 2.61 bits per heavy atom. The first-order valence-corrected chi connectivity index (χ1v) is 7.05. The fraction of sp³-hybridized carbons (Fsp3) is 0.176. The fourth-order valence-electron chi connectivity index (χ4n) is 2.09. The lowest BCUT2D eigenvalue weighted by atomic mass is 10.1. The highest BCUT2D eigenvalue weighted by atomic mass is 19.1. The Morgan fingerprint density at radius 2 is 1.87 bits per heavy atom. The number of carbonyl (C=O) groups excluding carboxylic acids is 2. The first-order chi connectivity index (χ1) is 11.0. The molecule has 120 valence electrons. The smallest absolute Gasteiger partial charge is 0.251 e. The number of hydrogen-bond acceptors (Lipinski definition) is 2. The summed E-state index contributed by atoms with van der Waals surface area (Å²) in [4.78, 5) is 23.0. The van der Waals surface area contributed by atoms with Gasteiger partial charge in [0, 0.05) is 24.7 Å². The summed E-state index contributed by atoms with van der Waals surface area (Å²) >= 11 is 0. The highest BCUT2D eigenvalue weighted by Crippen LogP contribution is 2.12. The van der Waals surface area contributed by atoms with Crippen LogP contribution < -0.4 is 10.6 Å². The molecular formula is C17H16F2N2O2. The highest BCUT2D eigenvalue weighted by molar-refractivity contribution is 5.96. The van der Waals surface area contributed by atoms with Crippen molar-refractivity contribution in [2.45, 2.75) is 13.3 Å². The maximum atomic E-state index is 13.5. The zero-order valence-electron chi connectivity index (χ0n) is 12.5. The maximum Gasteiger partial charge on any atom is 0.251 e. The molecule has 0 aromatic heterocycles. The van der Waals surface area contributed by atoms with E-state index < -0.39 is 11.6 Å². The van der Waals surface area contributed by atoms with Gasteiger partial charge in [0.25, 0.3) is 5.91 Å². The molecule has 2 rings (SSSR count). The summed E-state index contributed by atoms with van der Waals surface area (Å²) in [5.41, 5.74) is 1.09. The van der Waals surface area contributed by atoms with E-state index in [2.05, 4.69) is 10.6 Å². The second kappa shape index (κ2) is 7.49. The second-order valence-electron chi connectivity index (χ2n) is 5.00. The molecule has 0 atom stereocenters. The lowest BCUT2D eigenvalue weighted by molar-refractivity contribution is -0.114. The molecule has 0 aliphatic heterocycles. The van der Waals surface area contributed by atoms with Gasteiger partial charge in [0.2, 0.25) is 5.91 Å². The Balaban J connectivity index is 1.94. The van der Waals surface area contributed by atoms with Crippen LogP contribution in [0.2, 0.25) is 0 Å². The van der Waals surface area contributed by atoms with Crippen molar-refractivity contribution in [3.05, 3.63) is 65.2 Å². The lowest BCUT2D eigenvalue weighted by Crippen LogP contribution is -2.26. The third-order valence-corrected chi connectivity index (χ3v) is 3.13. The Bertz CT molecular complexity index is 732. The van der Waals surface area contributed by atoms with E-state index in [0.29, 0.717) is 11.3 Å². The Morgan fingerprint density at radius 1 is 1.09 bits per heavy atom. The fourth-order valence-corrected chi connectivity index (χ4v) is 2.09. The van der Waals surface area contributed by atoms with Gasteiger partial charge in [-0.3, -0.25) is 9.59 Å². The molecule has 0 radical (unpaired) electrons. The van der Waals surface area contributed by atoms with Gasteiger partial charge in [0.05, 0.1) is 0 Å². The van der Waals surface area contributed by atoms with Crippen molar-refractivity contribution in [2.75, 3.05) is 11.9 Å². The number of anilines is 1. The molecule has 0 unspecified atom stereocenters. The molecule has 0 bridgehead atoms. The summed E-state index contributed by atoms with van der Waals surface area (Å²) in [6.07, 6.45) is 0.181. The third kappa shape index (κ3) is 4.88. The zero-order valence-corrected chi connectivity index (χ0v) is 12.5. The van der Waals surface area contributed by atoms with Crippen LogP contribution in [0.15, 0.2) is 42.5 Å². The highest BCUT2D eigenvalue weighted by Gasteiger charge is 2.08. The predicted molar refractivity (Wildman–Crippen MR) is 83.1 cm³/mol. The number of carbonyl (C=O) groups is 2. The molecule has 6 heteroatoms. The predicted octanol–water partition coefficient (Wildman–Crippen LogP) is 2.90. The van der Waals surface area contributed by atoms with Crippen molar-refractivity contribution in [2.24, 2.45) is 0 Å². The van der Waals surface area contributed by atoms with Crippen LogP contribution in [-0.2, 0) is 11.2 Å². The second-order valence-corrected chi connectivity index (χ2v) is 5.00. The summed E-state index contributed by atoms with van der Waals surface area (Å²) in [5.74, 6) is -1.61. The van der Waals surface area contributed by atoms with Gasteiger partial charge in [-0.2, -0.15) is 0 Å². The summed E-state index contributed by atoms with van der Waals surface area (Å²) in [7, 11) is 0. The van der Waals surface area contributed by atoms with E-state index in [4.69, 9.17) is 0 Å². The van der Waals surface area contributed by atoms with Crippen molar-refractivity contribution >= 4 is 17.5 Å². The first-order valence-electron chi connectivity index (χ1n) is 7.05. The molecule has 0 saturated heterocycles. The Labute approximate surface area is 132 Å². The summed E-state index contributed by atoms with van der Waals surface area (Å²) in [6.45, 7) is 1.55. The number of nitrogens with one attached hydrogen (secondary N) is 2. The summed E-state index contributed by atoms with van der Waals surface area (Å²) in [6, 6.07) is 9.67. The molecule has 0 aliphatic rings. The number of benzene rings is 2. The molecule has 2 aromatic carbocycles. The van der Waals surface area contributed by atoms with Crippen LogP contribution in [0.5, 0.6) is 0 Å². The van der Waals surface area contributed by atoms with Gasteiger partial charge in [-0.15, -0.1) is 0 Å². The number of amides is 2.